The molecule has 0 aromatic heterocycles. The van der Waals surface area contributed by atoms with Gasteiger partial charge in [0, 0.05) is 31.3 Å². The molecule has 1 heterocycles. The van der Waals surface area contributed by atoms with Crippen molar-refractivity contribution in [3.05, 3.63) is 76.9 Å². The highest BCUT2D eigenvalue weighted by Crippen LogP contribution is 2.38. The van der Waals surface area contributed by atoms with E-state index in [1.165, 1.54) is 71.9 Å². The van der Waals surface area contributed by atoms with Crippen molar-refractivity contribution < 1.29 is 57.4 Å². The molecule has 14 heteroatoms. The van der Waals surface area contributed by atoms with E-state index in [0.717, 1.165) is 4.90 Å². The van der Waals surface area contributed by atoms with E-state index in [9.17, 15) is 24.3 Å². The zero-order valence-electron chi connectivity index (χ0n) is 27.3. The predicted octanol–water partition coefficient (Wildman–Crippen LogP) is 4.03. The molecular formula is C34H38N2O12. The van der Waals surface area contributed by atoms with Crippen LogP contribution in [0.2, 0.25) is 0 Å². The molecule has 0 spiro atoms. The van der Waals surface area contributed by atoms with Crippen molar-refractivity contribution in [2.24, 2.45) is 0 Å². The van der Waals surface area contributed by atoms with Gasteiger partial charge in [0.25, 0.3) is 5.91 Å². The molecule has 0 bridgehead atoms. The summed E-state index contributed by atoms with van der Waals surface area (Å²) in [6.45, 7) is 0.00864. The molecule has 2 amide bonds. The minimum absolute atomic E-state index is 0.0628. The van der Waals surface area contributed by atoms with Gasteiger partial charge in [-0.3, -0.25) is 9.59 Å². The number of carboxylic acid groups (broad SMARTS) is 1. The number of ether oxygens (including phenoxy) is 7. The number of amides is 2. The van der Waals surface area contributed by atoms with E-state index in [-0.39, 0.29) is 65.8 Å². The van der Waals surface area contributed by atoms with Crippen LogP contribution in [0.1, 0.15) is 49.5 Å². The third kappa shape index (κ3) is 8.25. The van der Waals surface area contributed by atoms with Gasteiger partial charge in [-0.15, -0.1) is 0 Å². The number of ketones is 1. The summed E-state index contributed by atoms with van der Waals surface area (Å²) < 4.78 is 37.7. The predicted molar refractivity (Wildman–Crippen MR) is 171 cm³/mol. The molecule has 48 heavy (non-hydrogen) atoms. The molecule has 1 saturated heterocycles. The lowest BCUT2D eigenvalue weighted by atomic mass is 10.0. The molecule has 2 atom stereocenters. The van der Waals surface area contributed by atoms with Gasteiger partial charge in [-0.05, 0) is 55.3 Å². The number of rotatable bonds is 13. The molecule has 1 aliphatic heterocycles. The Balaban J connectivity index is 1.54. The van der Waals surface area contributed by atoms with E-state index in [0.29, 0.717) is 23.7 Å². The van der Waals surface area contributed by atoms with Crippen molar-refractivity contribution >= 4 is 23.8 Å². The number of benzene rings is 3. The van der Waals surface area contributed by atoms with Crippen molar-refractivity contribution in [2.75, 3.05) is 55.4 Å². The highest BCUT2D eigenvalue weighted by Gasteiger charge is 2.34. The highest BCUT2D eigenvalue weighted by atomic mass is 16.7. The SMILES string of the molecule is COCOc1ccc(OC)cc1C(=O)c1ccc(C(=O)O[C@@H]2CCCN(C(=O)O)C[C@H]2NC(=O)c2cc(OC)c(OC)c(OC)c2)cc1. The van der Waals surface area contributed by atoms with Gasteiger partial charge in [-0.1, -0.05) is 12.1 Å². The highest BCUT2D eigenvalue weighted by molar-refractivity contribution is 6.11. The summed E-state index contributed by atoms with van der Waals surface area (Å²) in [5, 5.41) is 12.6. The molecule has 0 aliphatic carbocycles. The third-order valence-electron chi connectivity index (χ3n) is 7.70. The van der Waals surface area contributed by atoms with Crippen molar-refractivity contribution in [1.29, 1.82) is 0 Å². The molecule has 0 unspecified atom stereocenters. The number of hydrogen-bond donors (Lipinski definition) is 2. The van der Waals surface area contributed by atoms with Crippen LogP contribution in [-0.4, -0.2) is 101 Å². The molecule has 0 radical (unpaired) electrons. The zero-order valence-corrected chi connectivity index (χ0v) is 27.3. The van der Waals surface area contributed by atoms with Crippen LogP contribution >= 0.6 is 0 Å². The van der Waals surface area contributed by atoms with Crippen LogP contribution in [0.25, 0.3) is 0 Å². The fourth-order valence-electron chi connectivity index (χ4n) is 5.23. The average Bonchev–Trinajstić information content (AvgIpc) is 3.31. The van der Waals surface area contributed by atoms with Gasteiger partial charge < -0.3 is 48.5 Å². The minimum Gasteiger partial charge on any atom is -0.497 e. The van der Waals surface area contributed by atoms with Crippen LogP contribution in [0.5, 0.6) is 28.7 Å². The van der Waals surface area contributed by atoms with Crippen LogP contribution < -0.4 is 29.0 Å². The summed E-state index contributed by atoms with van der Waals surface area (Å²) in [7, 11) is 7.22. The van der Waals surface area contributed by atoms with Gasteiger partial charge in [-0.25, -0.2) is 9.59 Å². The van der Waals surface area contributed by atoms with E-state index in [2.05, 4.69) is 5.32 Å². The molecular weight excluding hydrogens is 628 g/mol. The van der Waals surface area contributed by atoms with Gasteiger partial charge in [0.2, 0.25) is 5.75 Å². The molecule has 0 saturated carbocycles. The maximum atomic E-state index is 13.5. The van der Waals surface area contributed by atoms with Crippen molar-refractivity contribution in [2.45, 2.75) is 25.0 Å². The summed E-state index contributed by atoms with van der Waals surface area (Å²) in [5.41, 5.74) is 0.841. The summed E-state index contributed by atoms with van der Waals surface area (Å²) in [4.78, 5) is 53.3. The summed E-state index contributed by atoms with van der Waals surface area (Å²) in [6.07, 6.45) is -1.36. The maximum Gasteiger partial charge on any atom is 0.407 e. The van der Waals surface area contributed by atoms with Gasteiger partial charge in [0.05, 0.1) is 45.6 Å². The first kappa shape index (κ1) is 35.4. The average molecular weight is 667 g/mol. The zero-order chi connectivity index (χ0) is 34.8. The van der Waals surface area contributed by atoms with Crippen LogP contribution in [-0.2, 0) is 9.47 Å². The van der Waals surface area contributed by atoms with E-state index in [1.54, 1.807) is 18.2 Å². The van der Waals surface area contributed by atoms with E-state index in [1.807, 2.05) is 0 Å². The number of likely N-dealkylation sites (tertiary alicyclic amines) is 1. The quantitative estimate of drug-likeness (QED) is 0.153. The number of nitrogens with one attached hydrogen (secondary N) is 1. The number of methoxy groups -OCH3 is 5. The Labute approximate surface area is 277 Å². The summed E-state index contributed by atoms with van der Waals surface area (Å²) in [6, 6.07) is 12.7. The molecule has 256 valence electrons. The Bertz CT molecular complexity index is 1600. The Hall–Kier alpha value is -5.50. The van der Waals surface area contributed by atoms with Crippen molar-refractivity contribution in [3.63, 3.8) is 0 Å². The molecule has 1 fully saturated rings. The smallest absolute Gasteiger partial charge is 0.407 e. The monoisotopic (exact) mass is 666 g/mol. The molecule has 4 rings (SSSR count). The van der Waals surface area contributed by atoms with Crippen molar-refractivity contribution in [3.8, 4) is 28.7 Å². The van der Waals surface area contributed by atoms with Crippen LogP contribution in [0.3, 0.4) is 0 Å². The Morgan fingerprint density at radius 2 is 1.48 bits per heavy atom. The second-order valence-corrected chi connectivity index (χ2v) is 10.6. The van der Waals surface area contributed by atoms with E-state index in [4.69, 9.17) is 33.2 Å². The number of carbonyl (C=O) groups excluding carboxylic acids is 3. The van der Waals surface area contributed by atoms with Gasteiger partial charge in [0.1, 0.15) is 17.6 Å². The van der Waals surface area contributed by atoms with Gasteiger partial charge in [-0.2, -0.15) is 0 Å². The fourth-order valence-corrected chi connectivity index (χ4v) is 5.23. The lowest BCUT2D eigenvalue weighted by Crippen LogP contribution is -2.51. The van der Waals surface area contributed by atoms with Crippen LogP contribution in [0.4, 0.5) is 4.79 Å². The van der Waals surface area contributed by atoms with Crippen LogP contribution in [0.15, 0.2) is 54.6 Å². The van der Waals surface area contributed by atoms with E-state index >= 15 is 0 Å². The Morgan fingerprint density at radius 1 is 0.812 bits per heavy atom. The molecule has 1 aliphatic rings. The standard InChI is InChI=1S/C34H38N2O12/c1-42-19-47-26-13-12-23(43-2)17-24(26)30(37)20-8-10-21(11-9-20)33(39)48-27-7-6-14-36(34(40)41)18-25(27)35-32(38)22-15-28(44-3)31(46-5)29(16-22)45-4/h8-13,15-17,25,27H,6-7,14,18-19H2,1-5H3,(H,35,38)(H,40,41)/t25-,27-/m1/s1. The molecule has 14 nitrogen and oxygen atoms in total. The summed E-state index contributed by atoms with van der Waals surface area (Å²) in [5.74, 6) is -0.0789. The Kier molecular flexibility index (Phi) is 12.1. The van der Waals surface area contributed by atoms with E-state index < -0.39 is 30.1 Å². The first-order valence-electron chi connectivity index (χ1n) is 14.9. The lowest BCUT2D eigenvalue weighted by Gasteiger charge is -2.28. The molecule has 2 N–H and O–H groups in total. The first-order chi connectivity index (χ1) is 23.1. The third-order valence-corrected chi connectivity index (χ3v) is 7.70. The van der Waals surface area contributed by atoms with Gasteiger partial charge in [0.15, 0.2) is 24.1 Å². The largest absolute Gasteiger partial charge is 0.497 e. The number of hydrogen-bond acceptors (Lipinski definition) is 11. The number of esters is 1. The Morgan fingerprint density at radius 3 is 2.06 bits per heavy atom. The topological polar surface area (TPSA) is 168 Å². The van der Waals surface area contributed by atoms with Gasteiger partial charge >= 0.3 is 12.1 Å². The lowest BCUT2D eigenvalue weighted by molar-refractivity contribution is 0.0179. The fraction of sp³-hybridized carbons (Fsp3) is 0.353. The van der Waals surface area contributed by atoms with Crippen molar-refractivity contribution in [1.82, 2.24) is 10.2 Å². The molecule has 3 aromatic carbocycles. The van der Waals surface area contributed by atoms with Crippen LogP contribution in [0, 0.1) is 0 Å². The second kappa shape index (κ2) is 16.4. The maximum absolute atomic E-state index is 13.5. The number of nitrogens with zero attached hydrogens (tertiary/aromatic N) is 1. The second-order valence-electron chi connectivity index (χ2n) is 10.6. The first-order valence-corrected chi connectivity index (χ1v) is 14.9. The minimum atomic E-state index is -1.17. The molecule has 3 aromatic rings. The normalized spacial score (nSPS) is 15.8. The summed E-state index contributed by atoms with van der Waals surface area (Å²) >= 11 is 0. The number of carbonyl (C=O) groups is 4.